The Morgan fingerprint density at radius 3 is 2.70 bits per heavy atom. The molecule has 0 atom stereocenters. The Morgan fingerprint density at radius 1 is 1.11 bits per heavy atom. The maximum atomic E-state index is 13.4. The first kappa shape index (κ1) is 17.6. The van der Waals surface area contributed by atoms with Crippen molar-refractivity contribution in [3.05, 3.63) is 53.6 Å². The molecule has 4 rings (SSSR count). The molecule has 5 heteroatoms. The zero-order valence-electron chi connectivity index (χ0n) is 15.5. The van der Waals surface area contributed by atoms with E-state index in [1.54, 1.807) is 12.1 Å². The summed E-state index contributed by atoms with van der Waals surface area (Å²) < 4.78 is 5.39. The van der Waals surface area contributed by atoms with E-state index >= 15 is 0 Å². The summed E-state index contributed by atoms with van der Waals surface area (Å²) in [4.78, 5) is 25.0. The molecule has 1 fully saturated rings. The van der Waals surface area contributed by atoms with Gasteiger partial charge in [0.2, 0.25) is 5.91 Å². The minimum absolute atomic E-state index is 0.0230. The third-order valence-corrected chi connectivity index (χ3v) is 5.58. The number of hydrogen-bond acceptors (Lipinski definition) is 3. The molecule has 2 aliphatic rings. The highest BCUT2D eigenvalue weighted by molar-refractivity contribution is 6.01. The van der Waals surface area contributed by atoms with Gasteiger partial charge in [0, 0.05) is 5.69 Å². The molecule has 5 nitrogen and oxygen atoms in total. The summed E-state index contributed by atoms with van der Waals surface area (Å²) in [6.07, 6.45) is 4.98. The molecule has 1 aliphatic carbocycles. The number of aryl methyl sites for hydroxylation is 1. The molecular formula is C22H24N2O3. The Morgan fingerprint density at radius 2 is 1.93 bits per heavy atom. The lowest BCUT2D eigenvalue weighted by molar-refractivity contribution is -0.122. The molecule has 1 heterocycles. The predicted octanol–water partition coefficient (Wildman–Crippen LogP) is 4.17. The number of carbonyl (C=O) groups is 2. The second-order valence-corrected chi connectivity index (χ2v) is 7.51. The Balaban J connectivity index is 1.63. The van der Waals surface area contributed by atoms with Crippen LogP contribution in [0.5, 0.6) is 5.75 Å². The van der Waals surface area contributed by atoms with Gasteiger partial charge in [0.1, 0.15) is 5.75 Å². The van der Waals surface area contributed by atoms with Gasteiger partial charge in [0.05, 0.1) is 11.1 Å². The van der Waals surface area contributed by atoms with Crippen LogP contribution in [-0.2, 0) is 15.0 Å². The third kappa shape index (κ3) is 3.42. The van der Waals surface area contributed by atoms with Crippen molar-refractivity contribution in [3.8, 4) is 5.75 Å². The van der Waals surface area contributed by atoms with Gasteiger partial charge in [-0.25, -0.2) is 0 Å². The van der Waals surface area contributed by atoms with Crippen molar-refractivity contribution < 1.29 is 14.3 Å². The number of anilines is 2. The number of amides is 2. The van der Waals surface area contributed by atoms with Gasteiger partial charge in [-0.05, 0) is 43.5 Å². The normalized spacial score (nSPS) is 18.0. The summed E-state index contributed by atoms with van der Waals surface area (Å²) in [5.74, 6) is 0.462. The van der Waals surface area contributed by atoms with Crippen molar-refractivity contribution >= 4 is 23.2 Å². The van der Waals surface area contributed by atoms with E-state index in [-0.39, 0.29) is 18.4 Å². The summed E-state index contributed by atoms with van der Waals surface area (Å²) in [5.41, 5.74) is 3.02. The van der Waals surface area contributed by atoms with Gasteiger partial charge in [-0.1, -0.05) is 49.1 Å². The van der Waals surface area contributed by atoms with E-state index in [1.165, 1.54) is 12.0 Å². The maximum absolute atomic E-state index is 13.4. The van der Waals surface area contributed by atoms with E-state index in [0.717, 1.165) is 31.2 Å². The molecule has 27 heavy (non-hydrogen) atoms. The lowest BCUT2D eigenvalue weighted by Gasteiger charge is -2.36. The van der Waals surface area contributed by atoms with Gasteiger partial charge < -0.3 is 15.4 Å². The van der Waals surface area contributed by atoms with Gasteiger partial charge in [0.25, 0.3) is 5.91 Å². The molecule has 2 aromatic carbocycles. The highest BCUT2D eigenvalue weighted by Gasteiger charge is 2.41. The van der Waals surface area contributed by atoms with Gasteiger partial charge >= 0.3 is 0 Å². The van der Waals surface area contributed by atoms with Gasteiger partial charge in [0.15, 0.2) is 6.61 Å². The number of hydrogen-bond donors (Lipinski definition) is 2. The third-order valence-electron chi connectivity index (χ3n) is 5.58. The first-order valence-corrected chi connectivity index (χ1v) is 9.52. The molecule has 0 saturated heterocycles. The molecule has 2 N–H and O–H groups in total. The molecular weight excluding hydrogens is 340 g/mol. The summed E-state index contributed by atoms with van der Waals surface area (Å²) in [6, 6.07) is 13.7. The van der Waals surface area contributed by atoms with Crippen LogP contribution in [0.15, 0.2) is 42.5 Å². The van der Waals surface area contributed by atoms with E-state index < -0.39 is 5.41 Å². The largest absolute Gasteiger partial charge is 0.482 e. The van der Waals surface area contributed by atoms with Gasteiger partial charge in [-0.15, -0.1) is 0 Å². The molecule has 1 saturated carbocycles. The molecule has 2 amide bonds. The number of ether oxygens (including phenoxy) is 1. The molecule has 1 aliphatic heterocycles. The smallest absolute Gasteiger partial charge is 0.262 e. The van der Waals surface area contributed by atoms with E-state index in [0.29, 0.717) is 17.1 Å². The topological polar surface area (TPSA) is 67.4 Å². The van der Waals surface area contributed by atoms with Crippen LogP contribution in [0, 0.1) is 6.92 Å². The molecule has 0 bridgehead atoms. The first-order valence-electron chi connectivity index (χ1n) is 9.52. The fourth-order valence-corrected chi connectivity index (χ4v) is 4.16. The first-order chi connectivity index (χ1) is 13.1. The number of carbonyl (C=O) groups excluding carboxylic acids is 2. The molecule has 0 radical (unpaired) electrons. The second kappa shape index (κ2) is 7.06. The quantitative estimate of drug-likeness (QED) is 0.859. The van der Waals surface area contributed by atoms with Crippen molar-refractivity contribution in [2.24, 2.45) is 0 Å². The van der Waals surface area contributed by atoms with Gasteiger partial charge in [-0.2, -0.15) is 0 Å². The Bertz CT molecular complexity index is 885. The van der Waals surface area contributed by atoms with E-state index in [2.05, 4.69) is 35.8 Å². The Kier molecular flexibility index (Phi) is 4.60. The lowest BCUT2D eigenvalue weighted by Crippen LogP contribution is -2.42. The van der Waals surface area contributed by atoms with Crippen LogP contribution in [0.4, 0.5) is 11.4 Å². The van der Waals surface area contributed by atoms with Gasteiger partial charge in [-0.3, -0.25) is 9.59 Å². The fraction of sp³-hybridized carbons (Fsp3) is 0.364. The summed E-state index contributed by atoms with van der Waals surface area (Å²) in [7, 11) is 0. The predicted molar refractivity (Wildman–Crippen MR) is 105 cm³/mol. The average Bonchev–Trinajstić information content (AvgIpc) is 2.68. The van der Waals surface area contributed by atoms with Crippen LogP contribution in [0.3, 0.4) is 0 Å². The van der Waals surface area contributed by atoms with Crippen LogP contribution >= 0.6 is 0 Å². The SMILES string of the molecule is Cc1cccc(C2(C(=O)Nc3ccc4c(c3)NC(=O)CO4)CCCCC2)c1. The van der Waals surface area contributed by atoms with Crippen molar-refractivity contribution in [1.29, 1.82) is 0 Å². The lowest BCUT2D eigenvalue weighted by atomic mass is 9.68. The summed E-state index contributed by atoms with van der Waals surface area (Å²) >= 11 is 0. The zero-order valence-corrected chi connectivity index (χ0v) is 15.5. The minimum atomic E-state index is -0.500. The molecule has 0 unspecified atom stereocenters. The summed E-state index contributed by atoms with van der Waals surface area (Å²) in [5, 5.41) is 5.88. The monoisotopic (exact) mass is 364 g/mol. The minimum Gasteiger partial charge on any atom is -0.482 e. The number of fused-ring (bicyclic) bond motifs is 1. The van der Waals surface area contributed by atoms with Crippen LogP contribution in [0.1, 0.15) is 43.2 Å². The van der Waals surface area contributed by atoms with E-state index in [9.17, 15) is 9.59 Å². The molecule has 0 aromatic heterocycles. The van der Waals surface area contributed by atoms with Crippen molar-refractivity contribution in [2.45, 2.75) is 44.4 Å². The van der Waals surface area contributed by atoms with E-state index in [1.807, 2.05) is 12.1 Å². The van der Waals surface area contributed by atoms with Crippen LogP contribution in [0.25, 0.3) is 0 Å². The van der Waals surface area contributed by atoms with Crippen molar-refractivity contribution in [2.75, 3.05) is 17.2 Å². The standard InChI is InChI=1S/C22H24N2O3/c1-15-6-5-7-16(12-15)22(10-3-2-4-11-22)21(26)23-17-8-9-19-18(13-17)24-20(25)14-27-19/h5-9,12-13H,2-4,10-11,14H2,1H3,(H,23,26)(H,24,25). The fourth-order valence-electron chi connectivity index (χ4n) is 4.16. The number of nitrogens with one attached hydrogen (secondary N) is 2. The Labute approximate surface area is 159 Å². The average molecular weight is 364 g/mol. The maximum Gasteiger partial charge on any atom is 0.262 e. The van der Waals surface area contributed by atoms with Crippen LogP contribution < -0.4 is 15.4 Å². The molecule has 2 aromatic rings. The second-order valence-electron chi connectivity index (χ2n) is 7.51. The van der Waals surface area contributed by atoms with Crippen molar-refractivity contribution in [1.82, 2.24) is 0 Å². The van der Waals surface area contributed by atoms with Crippen molar-refractivity contribution in [3.63, 3.8) is 0 Å². The Hall–Kier alpha value is -2.82. The van der Waals surface area contributed by atoms with Crippen LogP contribution in [0.2, 0.25) is 0 Å². The number of benzene rings is 2. The number of rotatable bonds is 3. The molecule has 0 spiro atoms. The highest BCUT2D eigenvalue weighted by atomic mass is 16.5. The van der Waals surface area contributed by atoms with E-state index in [4.69, 9.17) is 4.74 Å². The molecule has 140 valence electrons. The zero-order chi connectivity index (χ0) is 18.9. The summed E-state index contributed by atoms with van der Waals surface area (Å²) in [6.45, 7) is 2.08. The highest BCUT2D eigenvalue weighted by Crippen LogP contribution is 2.41. The van der Waals surface area contributed by atoms with Crippen LogP contribution in [-0.4, -0.2) is 18.4 Å².